The molecule has 1 amide bonds. The summed E-state index contributed by atoms with van der Waals surface area (Å²) in [6.45, 7) is 2.90. The summed E-state index contributed by atoms with van der Waals surface area (Å²) >= 11 is 0. The average Bonchev–Trinajstić information content (AvgIpc) is 2.86. The SMILES string of the molecule is CC(NCCC1CC1)C(=O)N(C)C. The van der Waals surface area contributed by atoms with E-state index in [0.717, 1.165) is 12.5 Å². The van der Waals surface area contributed by atoms with Crippen molar-refractivity contribution in [2.75, 3.05) is 20.6 Å². The van der Waals surface area contributed by atoms with Gasteiger partial charge < -0.3 is 10.2 Å². The number of carbonyl (C=O) groups excluding carboxylic acids is 1. The van der Waals surface area contributed by atoms with Crippen LogP contribution in [0, 0.1) is 5.92 Å². The molecule has 0 spiro atoms. The highest BCUT2D eigenvalue weighted by molar-refractivity contribution is 5.80. The second-order valence-corrected chi connectivity index (χ2v) is 4.14. The summed E-state index contributed by atoms with van der Waals surface area (Å²) in [5.74, 6) is 1.10. The molecule has 3 nitrogen and oxygen atoms in total. The molecule has 0 radical (unpaired) electrons. The van der Waals surface area contributed by atoms with Gasteiger partial charge in [-0.1, -0.05) is 12.8 Å². The van der Waals surface area contributed by atoms with Crippen molar-refractivity contribution in [3.05, 3.63) is 0 Å². The van der Waals surface area contributed by atoms with Crippen molar-refractivity contribution < 1.29 is 4.79 Å². The first-order valence-electron chi connectivity index (χ1n) is 5.06. The van der Waals surface area contributed by atoms with Gasteiger partial charge >= 0.3 is 0 Å². The van der Waals surface area contributed by atoms with Gasteiger partial charge in [0.25, 0.3) is 0 Å². The summed E-state index contributed by atoms with van der Waals surface area (Å²) in [6, 6.07) is -0.0336. The zero-order valence-corrected chi connectivity index (χ0v) is 8.84. The number of nitrogens with zero attached hydrogens (tertiary/aromatic N) is 1. The number of rotatable bonds is 5. The third-order valence-corrected chi connectivity index (χ3v) is 2.51. The van der Waals surface area contributed by atoms with Crippen LogP contribution in [0.15, 0.2) is 0 Å². The van der Waals surface area contributed by atoms with Crippen LogP contribution in [0.4, 0.5) is 0 Å². The van der Waals surface area contributed by atoms with Crippen molar-refractivity contribution >= 4 is 5.91 Å². The number of amides is 1. The van der Waals surface area contributed by atoms with E-state index in [1.165, 1.54) is 19.3 Å². The molecule has 1 N–H and O–H groups in total. The molecule has 1 fully saturated rings. The lowest BCUT2D eigenvalue weighted by Gasteiger charge is -2.17. The van der Waals surface area contributed by atoms with Crippen LogP contribution >= 0.6 is 0 Å². The maximum atomic E-state index is 11.4. The van der Waals surface area contributed by atoms with Gasteiger partial charge in [0.2, 0.25) is 5.91 Å². The van der Waals surface area contributed by atoms with Gasteiger partial charge in [-0.3, -0.25) is 4.79 Å². The fraction of sp³-hybridized carbons (Fsp3) is 0.900. The molecular weight excluding hydrogens is 164 g/mol. The van der Waals surface area contributed by atoms with Crippen LogP contribution in [0.5, 0.6) is 0 Å². The largest absolute Gasteiger partial charge is 0.347 e. The molecule has 1 unspecified atom stereocenters. The second-order valence-electron chi connectivity index (χ2n) is 4.14. The molecule has 1 rings (SSSR count). The molecule has 1 aliphatic rings. The first-order chi connectivity index (χ1) is 6.11. The molecule has 0 aliphatic heterocycles. The number of carbonyl (C=O) groups is 1. The van der Waals surface area contributed by atoms with Crippen LogP contribution in [0.1, 0.15) is 26.2 Å². The monoisotopic (exact) mass is 184 g/mol. The third-order valence-electron chi connectivity index (χ3n) is 2.51. The Bertz CT molecular complexity index is 176. The summed E-state index contributed by atoms with van der Waals surface area (Å²) < 4.78 is 0. The van der Waals surface area contributed by atoms with Crippen LogP contribution in [-0.4, -0.2) is 37.5 Å². The van der Waals surface area contributed by atoms with E-state index in [1.807, 2.05) is 6.92 Å². The molecule has 1 saturated carbocycles. The molecule has 0 aromatic carbocycles. The minimum atomic E-state index is -0.0336. The number of likely N-dealkylation sites (N-methyl/N-ethyl adjacent to an activating group) is 1. The molecule has 3 heteroatoms. The van der Waals surface area contributed by atoms with E-state index >= 15 is 0 Å². The Morgan fingerprint density at radius 2 is 2.15 bits per heavy atom. The number of hydrogen-bond acceptors (Lipinski definition) is 2. The van der Waals surface area contributed by atoms with Crippen molar-refractivity contribution in [2.45, 2.75) is 32.2 Å². The molecule has 13 heavy (non-hydrogen) atoms. The molecule has 0 bridgehead atoms. The minimum absolute atomic E-state index is 0.0336. The number of nitrogens with one attached hydrogen (secondary N) is 1. The predicted molar refractivity (Wildman–Crippen MR) is 53.5 cm³/mol. The lowest BCUT2D eigenvalue weighted by atomic mass is 10.2. The Morgan fingerprint density at radius 3 is 2.62 bits per heavy atom. The molecule has 1 aliphatic carbocycles. The Morgan fingerprint density at radius 1 is 1.54 bits per heavy atom. The van der Waals surface area contributed by atoms with Gasteiger partial charge in [0, 0.05) is 14.1 Å². The zero-order chi connectivity index (χ0) is 9.84. The lowest BCUT2D eigenvalue weighted by molar-refractivity contribution is -0.130. The highest BCUT2D eigenvalue weighted by atomic mass is 16.2. The van der Waals surface area contributed by atoms with Gasteiger partial charge in [-0.2, -0.15) is 0 Å². The third kappa shape index (κ3) is 3.77. The van der Waals surface area contributed by atoms with E-state index in [0.29, 0.717) is 0 Å². The Labute approximate surface area is 80.5 Å². The maximum absolute atomic E-state index is 11.4. The van der Waals surface area contributed by atoms with Crippen molar-refractivity contribution in [3.8, 4) is 0 Å². The lowest BCUT2D eigenvalue weighted by Crippen LogP contribution is -2.41. The topological polar surface area (TPSA) is 32.3 Å². The molecule has 1 atom stereocenters. The number of hydrogen-bond donors (Lipinski definition) is 1. The van der Waals surface area contributed by atoms with Crippen LogP contribution in [-0.2, 0) is 4.79 Å². The van der Waals surface area contributed by atoms with Gasteiger partial charge in [-0.15, -0.1) is 0 Å². The average molecular weight is 184 g/mol. The van der Waals surface area contributed by atoms with Gasteiger partial charge in [-0.05, 0) is 25.8 Å². The minimum Gasteiger partial charge on any atom is -0.347 e. The quantitative estimate of drug-likeness (QED) is 0.687. The van der Waals surface area contributed by atoms with E-state index < -0.39 is 0 Å². The van der Waals surface area contributed by atoms with Gasteiger partial charge in [0.05, 0.1) is 6.04 Å². The van der Waals surface area contributed by atoms with E-state index in [2.05, 4.69) is 5.32 Å². The second kappa shape index (κ2) is 4.61. The smallest absolute Gasteiger partial charge is 0.238 e. The standard InChI is InChI=1S/C10H20N2O/c1-8(10(13)12(2)3)11-7-6-9-4-5-9/h8-9,11H,4-7H2,1-3H3. The Hall–Kier alpha value is -0.570. The first-order valence-corrected chi connectivity index (χ1v) is 5.06. The molecular formula is C10H20N2O. The van der Waals surface area contributed by atoms with Crippen molar-refractivity contribution in [2.24, 2.45) is 5.92 Å². The molecule has 0 heterocycles. The summed E-state index contributed by atoms with van der Waals surface area (Å²) in [7, 11) is 3.59. The highest BCUT2D eigenvalue weighted by Gasteiger charge is 2.21. The van der Waals surface area contributed by atoms with Crippen LogP contribution in [0.3, 0.4) is 0 Å². The van der Waals surface area contributed by atoms with Gasteiger partial charge in [-0.25, -0.2) is 0 Å². The summed E-state index contributed by atoms with van der Waals surface area (Å²) in [5.41, 5.74) is 0. The fourth-order valence-corrected chi connectivity index (χ4v) is 1.39. The highest BCUT2D eigenvalue weighted by Crippen LogP contribution is 2.31. The maximum Gasteiger partial charge on any atom is 0.238 e. The van der Waals surface area contributed by atoms with Crippen LogP contribution in [0.2, 0.25) is 0 Å². The normalized spacial score (nSPS) is 18.4. The van der Waals surface area contributed by atoms with E-state index in [1.54, 1.807) is 19.0 Å². The molecule has 0 saturated heterocycles. The zero-order valence-electron chi connectivity index (χ0n) is 8.84. The van der Waals surface area contributed by atoms with Crippen molar-refractivity contribution in [1.29, 1.82) is 0 Å². The molecule has 0 aromatic heterocycles. The van der Waals surface area contributed by atoms with E-state index in [4.69, 9.17) is 0 Å². The van der Waals surface area contributed by atoms with Crippen LogP contribution < -0.4 is 5.32 Å². The molecule has 76 valence electrons. The summed E-state index contributed by atoms with van der Waals surface area (Å²) in [5, 5.41) is 3.24. The van der Waals surface area contributed by atoms with Crippen molar-refractivity contribution in [3.63, 3.8) is 0 Å². The van der Waals surface area contributed by atoms with Gasteiger partial charge in [0.15, 0.2) is 0 Å². The van der Waals surface area contributed by atoms with Gasteiger partial charge in [0.1, 0.15) is 0 Å². The first kappa shape index (κ1) is 10.5. The fourth-order valence-electron chi connectivity index (χ4n) is 1.39. The van der Waals surface area contributed by atoms with E-state index in [-0.39, 0.29) is 11.9 Å². The van der Waals surface area contributed by atoms with Crippen LogP contribution in [0.25, 0.3) is 0 Å². The summed E-state index contributed by atoms with van der Waals surface area (Å²) in [4.78, 5) is 13.0. The Balaban J connectivity index is 2.08. The Kier molecular flexibility index (Phi) is 3.72. The predicted octanol–water partition coefficient (Wildman–Crippen LogP) is 0.853. The van der Waals surface area contributed by atoms with Crippen molar-refractivity contribution in [1.82, 2.24) is 10.2 Å². The molecule has 0 aromatic rings. The summed E-state index contributed by atoms with van der Waals surface area (Å²) in [6.07, 6.45) is 4.00. The van der Waals surface area contributed by atoms with E-state index in [9.17, 15) is 4.79 Å².